The Hall–Kier alpha value is -2.36. The Kier molecular flexibility index (Phi) is 4.37. The van der Waals surface area contributed by atoms with Gasteiger partial charge in [0.2, 0.25) is 0 Å². The van der Waals surface area contributed by atoms with Crippen LogP contribution in [0.5, 0.6) is 11.5 Å². The number of para-hydroxylation sites is 2. The Morgan fingerprint density at radius 2 is 1.95 bits per heavy atom. The fraction of sp³-hybridized carbons (Fsp3) is 0.333. The highest BCUT2D eigenvalue weighted by Crippen LogP contribution is 2.32. The molecule has 3 rings (SSSR count). The van der Waals surface area contributed by atoms with Gasteiger partial charge in [-0.1, -0.05) is 12.1 Å². The summed E-state index contributed by atoms with van der Waals surface area (Å²) >= 11 is 0. The monoisotopic (exact) mass is 298 g/mol. The van der Waals surface area contributed by atoms with Crippen molar-refractivity contribution >= 4 is 11.4 Å². The van der Waals surface area contributed by atoms with Crippen molar-refractivity contribution in [2.24, 2.45) is 0 Å². The van der Waals surface area contributed by atoms with E-state index in [0.717, 1.165) is 43.1 Å². The third-order valence-electron chi connectivity index (χ3n) is 4.01. The molecule has 0 aliphatic carbocycles. The van der Waals surface area contributed by atoms with Gasteiger partial charge < -0.3 is 19.7 Å². The highest BCUT2D eigenvalue weighted by molar-refractivity contribution is 5.71. The minimum Gasteiger partial charge on any atom is -0.497 e. The number of hydrogen-bond donors (Lipinski definition) is 1. The van der Waals surface area contributed by atoms with Crippen LogP contribution in [0, 0.1) is 0 Å². The van der Waals surface area contributed by atoms with Crippen LogP contribution in [0.4, 0.5) is 11.4 Å². The third kappa shape index (κ3) is 2.96. The maximum absolute atomic E-state index is 5.51. The summed E-state index contributed by atoms with van der Waals surface area (Å²) in [6.07, 6.45) is 1.11. The van der Waals surface area contributed by atoms with Crippen LogP contribution in [0.15, 0.2) is 42.5 Å². The molecule has 0 saturated carbocycles. The van der Waals surface area contributed by atoms with E-state index < -0.39 is 0 Å². The molecule has 116 valence electrons. The molecule has 0 amide bonds. The quantitative estimate of drug-likeness (QED) is 0.936. The molecular formula is C18H22N2O2. The molecule has 4 nitrogen and oxygen atoms in total. The Bertz CT molecular complexity index is 643. The zero-order valence-electron chi connectivity index (χ0n) is 13.1. The molecule has 0 atom stereocenters. The summed E-state index contributed by atoms with van der Waals surface area (Å²) in [5.41, 5.74) is 3.57. The van der Waals surface area contributed by atoms with Gasteiger partial charge in [0, 0.05) is 25.2 Å². The summed E-state index contributed by atoms with van der Waals surface area (Å²) in [4.78, 5) is 2.40. The van der Waals surface area contributed by atoms with Gasteiger partial charge in [-0.05, 0) is 36.8 Å². The van der Waals surface area contributed by atoms with Crippen molar-refractivity contribution in [1.29, 1.82) is 0 Å². The van der Waals surface area contributed by atoms with Crippen LogP contribution in [0.1, 0.15) is 12.0 Å². The van der Waals surface area contributed by atoms with E-state index >= 15 is 0 Å². The first-order valence-electron chi connectivity index (χ1n) is 7.60. The summed E-state index contributed by atoms with van der Waals surface area (Å²) in [7, 11) is 3.40. The number of rotatable bonds is 4. The van der Waals surface area contributed by atoms with E-state index in [1.54, 1.807) is 14.2 Å². The second-order valence-electron chi connectivity index (χ2n) is 5.40. The van der Waals surface area contributed by atoms with E-state index in [0.29, 0.717) is 0 Å². The van der Waals surface area contributed by atoms with E-state index in [1.165, 1.54) is 11.4 Å². The Morgan fingerprint density at radius 3 is 2.77 bits per heavy atom. The number of hydrogen-bond acceptors (Lipinski definition) is 4. The first kappa shape index (κ1) is 14.6. The van der Waals surface area contributed by atoms with Crippen molar-refractivity contribution < 1.29 is 9.47 Å². The molecule has 1 aliphatic rings. The van der Waals surface area contributed by atoms with Gasteiger partial charge in [0.25, 0.3) is 0 Å². The van der Waals surface area contributed by atoms with E-state index in [4.69, 9.17) is 9.47 Å². The summed E-state index contributed by atoms with van der Waals surface area (Å²) in [6, 6.07) is 14.4. The molecule has 0 bridgehead atoms. The van der Waals surface area contributed by atoms with Crippen molar-refractivity contribution in [3.63, 3.8) is 0 Å². The fourth-order valence-corrected chi connectivity index (χ4v) is 2.89. The van der Waals surface area contributed by atoms with Gasteiger partial charge in [0.1, 0.15) is 11.5 Å². The third-order valence-corrected chi connectivity index (χ3v) is 4.01. The Labute approximate surface area is 131 Å². The SMILES string of the molecule is COc1ccc(OC)c(CN2CCCNc3ccccc32)c1. The number of methoxy groups -OCH3 is 2. The molecular weight excluding hydrogens is 276 g/mol. The van der Waals surface area contributed by atoms with Gasteiger partial charge in [-0.25, -0.2) is 0 Å². The minimum atomic E-state index is 0.805. The molecule has 0 spiro atoms. The molecule has 1 N–H and O–H groups in total. The molecule has 2 aromatic carbocycles. The van der Waals surface area contributed by atoms with Gasteiger partial charge in [-0.2, -0.15) is 0 Å². The fourth-order valence-electron chi connectivity index (χ4n) is 2.89. The van der Waals surface area contributed by atoms with E-state index in [9.17, 15) is 0 Å². The van der Waals surface area contributed by atoms with Crippen LogP contribution in [-0.4, -0.2) is 27.3 Å². The average molecular weight is 298 g/mol. The van der Waals surface area contributed by atoms with Crippen molar-refractivity contribution in [1.82, 2.24) is 0 Å². The number of benzene rings is 2. The summed E-state index contributed by atoms with van der Waals surface area (Å²) in [6.45, 7) is 2.83. The molecule has 0 saturated heterocycles. The lowest BCUT2D eigenvalue weighted by atomic mass is 10.1. The topological polar surface area (TPSA) is 33.7 Å². The van der Waals surface area contributed by atoms with E-state index in [2.05, 4.69) is 40.5 Å². The summed E-state index contributed by atoms with van der Waals surface area (Å²) < 4.78 is 10.9. The summed E-state index contributed by atoms with van der Waals surface area (Å²) in [5, 5.41) is 3.49. The molecule has 0 aromatic heterocycles. The predicted octanol–water partition coefficient (Wildman–Crippen LogP) is 3.53. The average Bonchev–Trinajstić information content (AvgIpc) is 2.77. The van der Waals surface area contributed by atoms with Gasteiger partial charge in [0.05, 0.1) is 25.6 Å². The Balaban J connectivity index is 1.92. The van der Waals surface area contributed by atoms with Crippen molar-refractivity contribution in [2.75, 3.05) is 37.5 Å². The van der Waals surface area contributed by atoms with Gasteiger partial charge in [-0.15, -0.1) is 0 Å². The highest BCUT2D eigenvalue weighted by Gasteiger charge is 2.16. The molecule has 22 heavy (non-hydrogen) atoms. The first-order valence-corrected chi connectivity index (χ1v) is 7.60. The normalized spacial score (nSPS) is 13.8. The first-order chi connectivity index (χ1) is 10.8. The molecule has 0 fully saturated rings. The van der Waals surface area contributed by atoms with Crippen LogP contribution in [0.3, 0.4) is 0 Å². The molecule has 0 radical (unpaired) electrons. The number of nitrogens with zero attached hydrogens (tertiary/aromatic N) is 1. The van der Waals surface area contributed by atoms with Gasteiger partial charge >= 0.3 is 0 Å². The molecule has 0 unspecified atom stereocenters. The standard InChI is InChI=1S/C18H22N2O2/c1-21-15-8-9-18(22-2)14(12-15)13-20-11-5-10-19-16-6-3-4-7-17(16)20/h3-4,6-9,12,19H,5,10-11,13H2,1-2H3. The van der Waals surface area contributed by atoms with Crippen LogP contribution < -0.4 is 19.7 Å². The lowest BCUT2D eigenvalue weighted by Gasteiger charge is -2.25. The zero-order chi connectivity index (χ0) is 15.4. The van der Waals surface area contributed by atoms with Crippen molar-refractivity contribution in [3.05, 3.63) is 48.0 Å². The predicted molar refractivity (Wildman–Crippen MR) is 90.1 cm³/mol. The second-order valence-corrected chi connectivity index (χ2v) is 5.40. The minimum absolute atomic E-state index is 0.805. The number of anilines is 2. The van der Waals surface area contributed by atoms with Crippen LogP contribution in [-0.2, 0) is 6.54 Å². The van der Waals surface area contributed by atoms with Crippen LogP contribution >= 0.6 is 0 Å². The zero-order valence-corrected chi connectivity index (χ0v) is 13.1. The maximum atomic E-state index is 5.51. The maximum Gasteiger partial charge on any atom is 0.124 e. The van der Waals surface area contributed by atoms with E-state index in [-0.39, 0.29) is 0 Å². The Morgan fingerprint density at radius 1 is 1.09 bits per heavy atom. The van der Waals surface area contributed by atoms with Gasteiger partial charge in [-0.3, -0.25) is 0 Å². The number of nitrogens with one attached hydrogen (secondary N) is 1. The van der Waals surface area contributed by atoms with Crippen LogP contribution in [0.2, 0.25) is 0 Å². The molecule has 1 aliphatic heterocycles. The second kappa shape index (κ2) is 6.60. The lowest BCUT2D eigenvalue weighted by molar-refractivity contribution is 0.398. The van der Waals surface area contributed by atoms with Crippen LogP contribution in [0.25, 0.3) is 0 Å². The smallest absolute Gasteiger partial charge is 0.124 e. The van der Waals surface area contributed by atoms with E-state index in [1.807, 2.05) is 12.1 Å². The van der Waals surface area contributed by atoms with Crippen molar-refractivity contribution in [3.8, 4) is 11.5 Å². The number of fused-ring (bicyclic) bond motifs is 1. The largest absolute Gasteiger partial charge is 0.497 e. The lowest BCUT2D eigenvalue weighted by Crippen LogP contribution is -2.23. The van der Waals surface area contributed by atoms with Crippen molar-refractivity contribution in [2.45, 2.75) is 13.0 Å². The molecule has 4 heteroatoms. The molecule has 1 heterocycles. The number of ether oxygens (including phenoxy) is 2. The highest BCUT2D eigenvalue weighted by atomic mass is 16.5. The van der Waals surface area contributed by atoms with Gasteiger partial charge in [0.15, 0.2) is 0 Å². The summed E-state index contributed by atoms with van der Waals surface area (Å²) in [5.74, 6) is 1.76. The molecule has 2 aromatic rings.